The van der Waals surface area contributed by atoms with Crippen LogP contribution >= 0.6 is 0 Å². The summed E-state index contributed by atoms with van der Waals surface area (Å²) in [4.78, 5) is 13.9. The van der Waals surface area contributed by atoms with E-state index in [0.717, 1.165) is 24.2 Å². The van der Waals surface area contributed by atoms with Gasteiger partial charge in [0.05, 0.1) is 12.0 Å². The molecule has 2 N–H and O–H groups in total. The van der Waals surface area contributed by atoms with Crippen molar-refractivity contribution in [2.24, 2.45) is 11.1 Å². The van der Waals surface area contributed by atoms with Crippen LogP contribution in [0.5, 0.6) is 5.75 Å². The predicted molar refractivity (Wildman–Crippen MR) is 75.0 cm³/mol. The van der Waals surface area contributed by atoms with Crippen molar-refractivity contribution in [3.05, 3.63) is 29.8 Å². The van der Waals surface area contributed by atoms with Gasteiger partial charge in [0.1, 0.15) is 12.4 Å². The third-order valence-corrected chi connectivity index (χ3v) is 3.82. The summed E-state index contributed by atoms with van der Waals surface area (Å²) < 4.78 is 5.70. The Morgan fingerprint density at radius 2 is 2.11 bits per heavy atom. The van der Waals surface area contributed by atoms with Crippen molar-refractivity contribution in [2.75, 3.05) is 26.7 Å². The highest BCUT2D eigenvalue weighted by Gasteiger charge is 2.49. The van der Waals surface area contributed by atoms with Gasteiger partial charge in [-0.25, -0.2) is 0 Å². The van der Waals surface area contributed by atoms with Gasteiger partial charge in [-0.2, -0.15) is 0 Å². The zero-order valence-electron chi connectivity index (χ0n) is 11.7. The Morgan fingerprint density at radius 1 is 1.42 bits per heavy atom. The van der Waals surface area contributed by atoms with Crippen LogP contribution in [0.3, 0.4) is 0 Å². The van der Waals surface area contributed by atoms with Crippen LogP contribution in [0.2, 0.25) is 0 Å². The molecule has 0 aromatic heterocycles. The number of carbonyl (C=O) groups is 1. The molecule has 0 saturated heterocycles. The van der Waals surface area contributed by atoms with E-state index in [2.05, 4.69) is 0 Å². The summed E-state index contributed by atoms with van der Waals surface area (Å²) in [5, 5.41) is 0. The van der Waals surface area contributed by atoms with Gasteiger partial charge in [-0.15, -0.1) is 0 Å². The normalized spacial score (nSPS) is 15.9. The highest BCUT2D eigenvalue weighted by Crippen LogP contribution is 2.45. The number of likely N-dealkylation sites (N-methyl/N-ethyl adjacent to an activating group) is 1. The first kappa shape index (κ1) is 13.9. The van der Waals surface area contributed by atoms with Gasteiger partial charge in [0.25, 0.3) is 0 Å². The minimum absolute atomic E-state index is 0.156. The van der Waals surface area contributed by atoms with Gasteiger partial charge in [0.2, 0.25) is 5.91 Å². The van der Waals surface area contributed by atoms with Gasteiger partial charge in [-0.1, -0.05) is 18.2 Å². The Labute approximate surface area is 114 Å². The van der Waals surface area contributed by atoms with E-state index in [1.165, 1.54) is 0 Å². The summed E-state index contributed by atoms with van der Waals surface area (Å²) in [6, 6.07) is 7.89. The molecule has 0 bridgehead atoms. The number of rotatable bonds is 6. The summed E-state index contributed by atoms with van der Waals surface area (Å²) in [6.07, 6.45) is 1.84. The molecule has 4 nitrogen and oxygen atoms in total. The summed E-state index contributed by atoms with van der Waals surface area (Å²) in [5.41, 5.74) is 6.51. The van der Waals surface area contributed by atoms with Crippen LogP contribution in [0.4, 0.5) is 0 Å². The van der Waals surface area contributed by atoms with E-state index < -0.39 is 0 Å². The molecule has 2 rings (SSSR count). The lowest BCUT2D eigenvalue weighted by Crippen LogP contribution is -2.40. The molecule has 19 heavy (non-hydrogen) atoms. The van der Waals surface area contributed by atoms with Crippen molar-refractivity contribution >= 4 is 5.91 Å². The number of ether oxygens (including phenoxy) is 1. The largest absolute Gasteiger partial charge is 0.491 e. The number of benzene rings is 1. The fraction of sp³-hybridized carbons (Fsp3) is 0.533. The maximum atomic E-state index is 12.2. The van der Waals surface area contributed by atoms with Crippen LogP contribution in [0.25, 0.3) is 0 Å². The first-order valence-electron chi connectivity index (χ1n) is 6.73. The number of carbonyl (C=O) groups excluding carboxylic acids is 1. The number of para-hydroxylation sites is 1. The lowest BCUT2D eigenvalue weighted by molar-refractivity contribution is -0.135. The third kappa shape index (κ3) is 3.07. The summed E-state index contributed by atoms with van der Waals surface area (Å²) in [5.74, 6) is 1.03. The molecular formula is C15H22N2O2. The monoisotopic (exact) mass is 262 g/mol. The second-order valence-electron chi connectivity index (χ2n) is 5.33. The molecule has 1 amide bonds. The summed E-state index contributed by atoms with van der Waals surface area (Å²) in [6.45, 7) is 3.56. The fourth-order valence-electron chi connectivity index (χ4n) is 2.17. The highest BCUT2D eigenvalue weighted by molar-refractivity contribution is 5.85. The third-order valence-electron chi connectivity index (χ3n) is 3.82. The van der Waals surface area contributed by atoms with Gasteiger partial charge < -0.3 is 15.4 Å². The molecule has 0 aliphatic heterocycles. The fourth-order valence-corrected chi connectivity index (χ4v) is 2.17. The molecular weight excluding hydrogens is 240 g/mol. The first-order valence-corrected chi connectivity index (χ1v) is 6.73. The Kier molecular flexibility index (Phi) is 4.10. The average Bonchev–Trinajstić information content (AvgIpc) is 3.21. The van der Waals surface area contributed by atoms with E-state index in [-0.39, 0.29) is 11.3 Å². The lowest BCUT2D eigenvalue weighted by Gasteiger charge is -2.22. The zero-order chi connectivity index (χ0) is 13.9. The second-order valence-corrected chi connectivity index (χ2v) is 5.33. The van der Waals surface area contributed by atoms with Crippen LogP contribution in [-0.2, 0) is 4.79 Å². The number of aryl methyl sites for hydroxylation is 1. The predicted octanol–water partition coefficient (Wildman–Crippen LogP) is 1.57. The molecule has 1 aromatic rings. The van der Waals surface area contributed by atoms with Crippen LogP contribution < -0.4 is 10.5 Å². The molecule has 4 heteroatoms. The topological polar surface area (TPSA) is 55.6 Å². The molecule has 104 valence electrons. The minimum Gasteiger partial charge on any atom is -0.491 e. The van der Waals surface area contributed by atoms with E-state index >= 15 is 0 Å². The average molecular weight is 262 g/mol. The van der Waals surface area contributed by atoms with Gasteiger partial charge in [-0.05, 0) is 31.4 Å². The van der Waals surface area contributed by atoms with Crippen molar-refractivity contribution in [3.63, 3.8) is 0 Å². The lowest BCUT2D eigenvalue weighted by atomic mass is 10.1. The van der Waals surface area contributed by atoms with Crippen LogP contribution in [0.15, 0.2) is 24.3 Å². The van der Waals surface area contributed by atoms with Crippen molar-refractivity contribution in [2.45, 2.75) is 19.8 Å². The van der Waals surface area contributed by atoms with E-state index in [1.54, 1.807) is 4.90 Å². The molecule has 0 unspecified atom stereocenters. The van der Waals surface area contributed by atoms with E-state index in [9.17, 15) is 4.79 Å². The maximum Gasteiger partial charge on any atom is 0.229 e. The van der Waals surface area contributed by atoms with Gasteiger partial charge in [-0.3, -0.25) is 4.79 Å². The molecule has 0 heterocycles. The SMILES string of the molecule is Cc1ccccc1OCCN(C)C(=O)C1(CN)CC1. The Hall–Kier alpha value is -1.55. The smallest absolute Gasteiger partial charge is 0.229 e. The molecule has 1 fully saturated rings. The molecule has 1 aromatic carbocycles. The zero-order valence-corrected chi connectivity index (χ0v) is 11.7. The molecule has 1 aliphatic carbocycles. The molecule has 0 radical (unpaired) electrons. The molecule has 0 spiro atoms. The van der Waals surface area contributed by atoms with Crippen molar-refractivity contribution < 1.29 is 9.53 Å². The van der Waals surface area contributed by atoms with Gasteiger partial charge in [0.15, 0.2) is 0 Å². The Balaban J connectivity index is 1.80. The van der Waals surface area contributed by atoms with E-state index in [4.69, 9.17) is 10.5 Å². The van der Waals surface area contributed by atoms with Crippen LogP contribution in [0.1, 0.15) is 18.4 Å². The standard InChI is InChI=1S/C15H22N2O2/c1-12-5-3-4-6-13(12)19-10-9-17(2)14(18)15(11-16)7-8-15/h3-6H,7-11,16H2,1-2H3. The summed E-state index contributed by atoms with van der Waals surface area (Å²) >= 11 is 0. The van der Waals surface area contributed by atoms with E-state index in [1.807, 2.05) is 38.2 Å². The van der Waals surface area contributed by atoms with Crippen molar-refractivity contribution in [3.8, 4) is 5.75 Å². The summed E-state index contributed by atoms with van der Waals surface area (Å²) in [7, 11) is 1.82. The van der Waals surface area contributed by atoms with E-state index in [0.29, 0.717) is 19.7 Å². The Morgan fingerprint density at radius 3 is 2.68 bits per heavy atom. The maximum absolute atomic E-state index is 12.2. The van der Waals surface area contributed by atoms with Gasteiger partial charge >= 0.3 is 0 Å². The van der Waals surface area contributed by atoms with Crippen molar-refractivity contribution in [1.29, 1.82) is 0 Å². The Bertz CT molecular complexity index is 455. The number of hydrogen-bond donors (Lipinski definition) is 1. The molecule has 1 aliphatic rings. The highest BCUT2D eigenvalue weighted by atomic mass is 16.5. The van der Waals surface area contributed by atoms with Gasteiger partial charge in [0, 0.05) is 13.6 Å². The number of nitrogens with zero attached hydrogens (tertiary/aromatic N) is 1. The molecule has 0 atom stereocenters. The first-order chi connectivity index (χ1) is 9.09. The minimum atomic E-state index is -0.266. The second kappa shape index (κ2) is 5.61. The number of nitrogens with two attached hydrogens (primary N) is 1. The van der Waals surface area contributed by atoms with Crippen LogP contribution in [-0.4, -0.2) is 37.6 Å². The van der Waals surface area contributed by atoms with Crippen LogP contribution in [0, 0.1) is 12.3 Å². The molecule has 1 saturated carbocycles. The number of hydrogen-bond acceptors (Lipinski definition) is 3. The number of amides is 1. The quantitative estimate of drug-likeness (QED) is 0.846. The van der Waals surface area contributed by atoms with Crippen molar-refractivity contribution in [1.82, 2.24) is 4.90 Å².